The Morgan fingerprint density at radius 3 is 2.78 bits per heavy atom. The SMILES string of the molecule is CCCCCc1c(N)c(C=O)nc2ccccc12. The number of unbranched alkanes of at least 4 members (excludes halogenated alkanes) is 2. The van der Waals surface area contributed by atoms with Crippen LogP contribution in [0.3, 0.4) is 0 Å². The molecule has 0 saturated carbocycles. The number of anilines is 1. The third-order valence-corrected chi connectivity index (χ3v) is 3.21. The zero-order valence-electron chi connectivity index (χ0n) is 10.6. The van der Waals surface area contributed by atoms with Crippen LogP contribution in [0.15, 0.2) is 24.3 Å². The second-order valence-corrected chi connectivity index (χ2v) is 4.48. The van der Waals surface area contributed by atoms with E-state index in [9.17, 15) is 4.79 Å². The van der Waals surface area contributed by atoms with Gasteiger partial charge in [-0.05, 0) is 24.5 Å². The Kier molecular flexibility index (Phi) is 3.92. The number of carbonyl (C=O) groups is 1. The van der Waals surface area contributed by atoms with E-state index < -0.39 is 0 Å². The lowest BCUT2D eigenvalue weighted by Gasteiger charge is -2.11. The Balaban J connectivity index is 2.52. The van der Waals surface area contributed by atoms with Crippen molar-refractivity contribution in [2.45, 2.75) is 32.6 Å². The maximum Gasteiger partial charge on any atom is 0.170 e. The van der Waals surface area contributed by atoms with Crippen LogP contribution < -0.4 is 5.73 Å². The summed E-state index contributed by atoms with van der Waals surface area (Å²) in [5, 5.41) is 1.07. The molecular formula is C15H18N2O. The van der Waals surface area contributed by atoms with Gasteiger partial charge in [-0.25, -0.2) is 4.98 Å². The number of benzene rings is 1. The zero-order valence-corrected chi connectivity index (χ0v) is 10.6. The van der Waals surface area contributed by atoms with Gasteiger partial charge in [-0.1, -0.05) is 38.0 Å². The Hall–Kier alpha value is -1.90. The van der Waals surface area contributed by atoms with Gasteiger partial charge in [0.25, 0.3) is 0 Å². The molecule has 1 aromatic heterocycles. The highest BCUT2D eigenvalue weighted by atomic mass is 16.1. The summed E-state index contributed by atoms with van der Waals surface area (Å²) in [5.41, 5.74) is 8.86. The fourth-order valence-electron chi connectivity index (χ4n) is 2.23. The molecule has 1 heterocycles. The number of hydrogen-bond donors (Lipinski definition) is 1. The van der Waals surface area contributed by atoms with Crippen molar-refractivity contribution in [3.05, 3.63) is 35.5 Å². The van der Waals surface area contributed by atoms with Crippen LogP contribution in [0.1, 0.15) is 42.2 Å². The summed E-state index contributed by atoms with van der Waals surface area (Å²) >= 11 is 0. The van der Waals surface area contributed by atoms with E-state index in [1.165, 1.54) is 12.8 Å². The molecule has 94 valence electrons. The number of nitrogens with two attached hydrogens (primary N) is 1. The number of nitrogen functional groups attached to an aromatic ring is 1. The van der Waals surface area contributed by atoms with Gasteiger partial charge in [0, 0.05) is 5.39 Å². The van der Waals surface area contributed by atoms with E-state index in [0.29, 0.717) is 11.4 Å². The Morgan fingerprint density at radius 2 is 2.06 bits per heavy atom. The lowest BCUT2D eigenvalue weighted by molar-refractivity contribution is 0.112. The lowest BCUT2D eigenvalue weighted by atomic mass is 10.00. The summed E-state index contributed by atoms with van der Waals surface area (Å²) in [5.74, 6) is 0. The third kappa shape index (κ3) is 2.35. The van der Waals surface area contributed by atoms with Gasteiger partial charge in [0.15, 0.2) is 6.29 Å². The second kappa shape index (κ2) is 5.63. The molecule has 0 bridgehead atoms. The van der Waals surface area contributed by atoms with Crippen molar-refractivity contribution in [3.8, 4) is 0 Å². The van der Waals surface area contributed by atoms with Gasteiger partial charge < -0.3 is 5.73 Å². The molecule has 2 aromatic rings. The highest BCUT2D eigenvalue weighted by molar-refractivity contribution is 5.93. The first-order valence-corrected chi connectivity index (χ1v) is 6.40. The van der Waals surface area contributed by atoms with E-state index in [1.54, 1.807) is 0 Å². The fraction of sp³-hybridized carbons (Fsp3) is 0.333. The predicted octanol–water partition coefficient (Wildman–Crippen LogP) is 3.36. The standard InChI is InChI=1S/C15H18N2O/c1-2-3-4-8-12-11-7-5-6-9-13(11)17-14(10-18)15(12)16/h5-7,9-10H,2-4,8,16H2,1H3. The number of hydrogen-bond acceptors (Lipinski definition) is 3. The number of rotatable bonds is 5. The Bertz CT molecular complexity index is 564. The van der Waals surface area contributed by atoms with Crippen LogP contribution in [-0.4, -0.2) is 11.3 Å². The van der Waals surface area contributed by atoms with Gasteiger partial charge in [0.1, 0.15) is 5.69 Å². The minimum atomic E-state index is 0.361. The average Bonchev–Trinajstić information content (AvgIpc) is 2.41. The lowest BCUT2D eigenvalue weighted by Crippen LogP contribution is -2.04. The molecule has 2 rings (SSSR count). The maximum absolute atomic E-state index is 11.0. The fourth-order valence-corrected chi connectivity index (χ4v) is 2.23. The molecule has 0 unspecified atom stereocenters. The molecule has 18 heavy (non-hydrogen) atoms. The smallest absolute Gasteiger partial charge is 0.170 e. The van der Waals surface area contributed by atoms with E-state index in [1.807, 2.05) is 24.3 Å². The monoisotopic (exact) mass is 242 g/mol. The van der Waals surface area contributed by atoms with Gasteiger partial charge in [-0.3, -0.25) is 4.79 Å². The van der Waals surface area contributed by atoms with Crippen LogP contribution in [0.5, 0.6) is 0 Å². The first-order chi connectivity index (χ1) is 8.77. The molecule has 0 saturated heterocycles. The molecule has 3 heteroatoms. The van der Waals surface area contributed by atoms with Crippen molar-refractivity contribution in [2.75, 3.05) is 5.73 Å². The summed E-state index contributed by atoms with van der Waals surface area (Å²) in [4.78, 5) is 15.3. The van der Waals surface area contributed by atoms with Crippen molar-refractivity contribution in [1.82, 2.24) is 4.98 Å². The first-order valence-electron chi connectivity index (χ1n) is 6.40. The molecule has 0 atom stereocenters. The van der Waals surface area contributed by atoms with E-state index >= 15 is 0 Å². The highest BCUT2D eigenvalue weighted by Gasteiger charge is 2.11. The maximum atomic E-state index is 11.0. The summed E-state index contributed by atoms with van der Waals surface area (Å²) in [6.07, 6.45) is 5.08. The first kappa shape index (κ1) is 12.6. The molecule has 0 aliphatic carbocycles. The van der Waals surface area contributed by atoms with Crippen molar-refractivity contribution >= 4 is 22.9 Å². The summed E-state index contributed by atoms with van der Waals surface area (Å²) in [6, 6.07) is 7.85. The molecule has 0 spiro atoms. The molecule has 0 aliphatic rings. The number of pyridine rings is 1. The number of nitrogens with zero attached hydrogens (tertiary/aromatic N) is 1. The normalized spacial score (nSPS) is 10.7. The van der Waals surface area contributed by atoms with Crippen LogP contribution in [0.25, 0.3) is 10.9 Å². The summed E-state index contributed by atoms with van der Waals surface area (Å²) in [7, 11) is 0. The quantitative estimate of drug-likeness (QED) is 0.646. The topological polar surface area (TPSA) is 56.0 Å². The highest BCUT2D eigenvalue weighted by Crippen LogP contribution is 2.26. The largest absolute Gasteiger partial charge is 0.397 e. The van der Waals surface area contributed by atoms with Crippen molar-refractivity contribution in [3.63, 3.8) is 0 Å². The number of aryl methyl sites for hydroxylation is 1. The van der Waals surface area contributed by atoms with Crippen LogP contribution >= 0.6 is 0 Å². The molecule has 2 N–H and O–H groups in total. The van der Waals surface area contributed by atoms with Crippen LogP contribution in [0.4, 0.5) is 5.69 Å². The summed E-state index contributed by atoms with van der Waals surface area (Å²) in [6.45, 7) is 2.17. The van der Waals surface area contributed by atoms with Crippen molar-refractivity contribution < 1.29 is 4.79 Å². The van der Waals surface area contributed by atoms with E-state index in [-0.39, 0.29) is 0 Å². The number of para-hydroxylation sites is 1. The number of aldehydes is 1. The van der Waals surface area contributed by atoms with Crippen LogP contribution in [0.2, 0.25) is 0 Å². The average molecular weight is 242 g/mol. The molecule has 0 aliphatic heterocycles. The second-order valence-electron chi connectivity index (χ2n) is 4.48. The minimum absolute atomic E-state index is 0.361. The molecule has 0 amide bonds. The number of fused-ring (bicyclic) bond motifs is 1. The minimum Gasteiger partial charge on any atom is -0.397 e. The molecule has 0 radical (unpaired) electrons. The third-order valence-electron chi connectivity index (χ3n) is 3.21. The number of carbonyl (C=O) groups excluding carboxylic acids is 1. The molecule has 3 nitrogen and oxygen atoms in total. The van der Waals surface area contributed by atoms with Gasteiger partial charge in [-0.15, -0.1) is 0 Å². The van der Waals surface area contributed by atoms with E-state index in [0.717, 1.165) is 35.6 Å². The van der Waals surface area contributed by atoms with Crippen molar-refractivity contribution in [2.24, 2.45) is 0 Å². The molecule has 1 aromatic carbocycles. The van der Waals surface area contributed by atoms with Gasteiger partial charge >= 0.3 is 0 Å². The zero-order chi connectivity index (χ0) is 13.0. The van der Waals surface area contributed by atoms with Crippen molar-refractivity contribution in [1.29, 1.82) is 0 Å². The summed E-state index contributed by atoms with van der Waals surface area (Å²) < 4.78 is 0. The Morgan fingerprint density at radius 1 is 1.28 bits per heavy atom. The Labute approximate surface area is 107 Å². The predicted molar refractivity (Wildman–Crippen MR) is 74.8 cm³/mol. The van der Waals surface area contributed by atoms with E-state index in [2.05, 4.69) is 11.9 Å². The molecule has 0 fully saturated rings. The van der Waals surface area contributed by atoms with Gasteiger partial charge in [-0.2, -0.15) is 0 Å². The number of aromatic nitrogens is 1. The van der Waals surface area contributed by atoms with Gasteiger partial charge in [0.2, 0.25) is 0 Å². The molecular weight excluding hydrogens is 224 g/mol. The van der Waals surface area contributed by atoms with E-state index in [4.69, 9.17) is 5.73 Å². The van der Waals surface area contributed by atoms with Crippen LogP contribution in [0, 0.1) is 0 Å². The van der Waals surface area contributed by atoms with Crippen LogP contribution in [-0.2, 0) is 6.42 Å². The van der Waals surface area contributed by atoms with Gasteiger partial charge in [0.05, 0.1) is 11.2 Å².